The number of benzene rings is 2. The number of fused-ring (bicyclic) bond motifs is 3. The van der Waals surface area contributed by atoms with Gasteiger partial charge in [0.2, 0.25) is 11.6 Å². The Morgan fingerprint density at radius 1 is 0.706 bits per heavy atom. The van der Waals surface area contributed by atoms with Gasteiger partial charge in [0.05, 0.1) is 0 Å². The van der Waals surface area contributed by atoms with Crippen LogP contribution < -0.4 is 0 Å². The predicted octanol–water partition coefficient (Wildman–Crippen LogP) is 2.44. The summed E-state index contributed by atoms with van der Waals surface area (Å²) in [6.07, 6.45) is 0. The molecule has 0 radical (unpaired) electrons. The first kappa shape index (κ1) is 9.78. The molecule has 0 saturated heterocycles. The fourth-order valence-electron chi connectivity index (χ4n) is 2.12. The van der Waals surface area contributed by atoms with E-state index in [2.05, 4.69) is 0 Å². The van der Waals surface area contributed by atoms with Crippen LogP contribution in [0.15, 0.2) is 42.5 Å². The lowest BCUT2D eigenvalue weighted by Crippen LogP contribution is -2.20. The number of hydrogen-bond acceptors (Lipinski definition) is 3. The van der Waals surface area contributed by atoms with Crippen molar-refractivity contribution in [1.82, 2.24) is 0 Å². The minimum atomic E-state index is -0.561. The Bertz CT molecular complexity index is 656. The Balaban J connectivity index is 2.40. The van der Waals surface area contributed by atoms with Crippen molar-refractivity contribution in [2.75, 3.05) is 0 Å². The molecule has 0 heterocycles. The van der Waals surface area contributed by atoms with Crippen LogP contribution in [0.4, 0.5) is 0 Å². The minimum Gasteiger partial charge on any atom is -0.508 e. The smallest absolute Gasteiger partial charge is 0.234 e. The van der Waals surface area contributed by atoms with E-state index in [1.54, 1.807) is 24.3 Å². The molecule has 0 bridgehead atoms. The van der Waals surface area contributed by atoms with Gasteiger partial charge in [-0.3, -0.25) is 9.59 Å². The van der Waals surface area contributed by atoms with Gasteiger partial charge >= 0.3 is 0 Å². The average Bonchev–Trinajstić information content (AvgIpc) is 2.36. The molecule has 0 amide bonds. The Morgan fingerprint density at radius 2 is 1.29 bits per heavy atom. The van der Waals surface area contributed by atoms with Crippen LogP contribution in [-0.4, -0.2) is 16.7 Å². The highest BCUT2D eigenvalue weighted by Gasteiger charge is 2.29. The maximum Gasteiger partial charge on any atom is 0.234 e. The van der Waals surface area contributed by atoms with Crippen LogP contribution in [0.1, 0.15) is 20.7 Å². The van der Waals surface area contributed by atoms with E-state index in [9.17, 15) is 14.7 Å². The molecule has 17 heavy (non-hydrogen) atoms. The Kier molecular flexibility index (Phi) is 1.89. The molecule has 3 rings (SSSR count). The molecule has 0 saturated carbocycles. The number of phenolic OH excluding ortho intramolecular Hbond substituents is 1. The quantitative estimate of drug-likeness (QED) is 0.699. The second-order valence-corrected chi connectivity index (χ2v) is 3.93. The van der Waals surface area contributed by atoms with Gasteiger partial charge < -0.3 is 5.11 Å². The van der Waals surface area contributed by atoms with E-state index in [0.29, 0.717) is 11.1 Å². The third kappa shape index (κ3) is 1.29. The summed E-state index contributed by atoms with van der Waals surface area (Å²) in [5, 5.41) is 9.38. The zero-order valence-electron chi connectivity index (χ0n) is 8.81. The van der Waals surface area contributed by atoms with Crippen LogP contribution in [-0.2, 0) is 0 Å². The fraction of sp³-hybridized carbons (Fsp3) is 0. The van der Waals surface area contributed by atoms with Crippen LogP contribution in [0, 0.1) is 0 Å². The Labute approximate surface area is 97.3 Å². The highest BCUT2D eigenvalue weighted by Crippen LogP contribution is 2.34. The number of phenols is 1. The number of Topliss-reactive ketones (excluding diaryl/α,β-unsaturated/α-hetero) is 2. The number of rotatable bonds is 0. The molecular weight excluding hydrogens is 216 g/mol. The summed E-state index contributed by atoms with van der Waals surface area (Å²) in [7, 11) is 0. The zero-order valence-corrected chi connectivity index (χ0v) is 8.81. The molecule has 1 N–H and O–H groups in total. The van der Waals surface area contributed by atoms with Gasteiger partial charge in [-0.1, -0.05) is 24.3 Å². The van der Waals surface area contributed by atoms with Crippen molar-refractivity contribution < 1.29 is 14.7 Å². The minimum absolute atomic E-state index is 0.00992. The maximum atomic E-state index is 11.9. The third-order valence-corrected chi connectivity index (χ3v) is 2.92. The molecule has 0 unspecified atom stereocenters. The first-order valence-electron chi connectivity index (χ1n) is 5.20. The van der Waals surface area contributed by atoms with E-state index >= 15 is 0 Å². The largest absolute Gasteiger partial charge is 0.508 e. The van der Waals surface area contributed by atoms with Gasteiger partial charge in [-0.25, -0.2) is 0 Å². The van der Waals surface area contributed by atoms with Gasteiger partial charge in [-0.15, -0.1) is 0 Å². The maximum absolute atomic E-state index is 11.9. The molecule has 0 fully saturated rings. The highest BCUT2D eigenvalue weighted by atomic mass is 16.3. The normalized spacial score (nSPS) is 13.2. The van der Waals surface area contributed by atoms with Gasteiger partial charge in [0.15, 0.2) is 0 Å². The standard InChI is InChI=1S/C14H8O3/c15-8-5-6-10-9-3-1-2-4-11(9)13(16)14(17)12(10)7-8/h1-7,15H. The van der Waals surface area contributed by atoms with Crippen molar-refractivity contribution >= 4 is 11.6 Å². The number of carbonyl (C=O) groups excluding carboxylic acids is 2. The molecule has 82 valence electrons. The SMILES string of the molecule is O=C1C(=O)c2cc(O)ccc2-c2ccccc21. The van der Waals surface area contributed by atoms with Gasteiger partial charge in [0, 0.05) is 11.1 Å². The lowest BCUT2D eigenvalue weighted by Gasteiger charge is -2.17. The van der Waals surface area contributed by atoms with E-state index in [0.717, 1.165) is 5.56 Å². The van der Waals surface area contributed by atoms with Crippen LogP contribution in [0.2, 0.25) is 0 Å². The van der Waals surface area contributed by atoms with E-state index in [1.165, 1.54) is 12.1 Å². The number of aromatic hydroxyl groups is 1. The van der Waals surface area contributed by atoms with E-state index in [4.69, 9.17) is 0 Å². The van der Waals surface area contributed by atoms with Gasteiger partial charge in [0.25, 0.3) is 0 Å². The summed E-state index contributed by atoms with van der Waals surface area (Å²) in [5.74, 6) is -1.09. The lowest BCUT2D eigenvalue weighted by atomic mass is 9.84. The fourth-order valence-corrected chi connectivity index (χ4v) is 2.12. The molecule has 0 atom stereocenters. The topological polar surface area (TPSA) is 54.4 Å². The van der Waals surface area contributed by atoms with Crippen molar-refractivity contribution in [2.45, 2.75) is 0 Å². The van der Waals surface area contributed by atoms with Crippen molar-refractivity contribution in [2.24, 2.45) is 0 Å². The Morgan fingerprint density at radius 3 is 2.06 bits per heavy atom. The van der Waals surface area contributed by atoms with Crippen molar-refractivity contribution in [3.05, 3.63) is 53.6 Å². The van der Waals surface area contributed by atoms with Crippen LogP contribution in [0.5, 0.6) is 5.75 Å². The molecule has 2 aromatic carbocycles. The molecule has 1 aliphatic rings. The summed E-state index contributed by atoms with van der Waals surface area (Å²) in [4.78, 5) is 23.7. The van der Waals surface area contributed by atoms with Gasteiger partial charge in [-0.2, -0.15) is 0 Å². The zero-order chi connectivity index (χ0) is 12.0. The van der Waals surface area contributed by atoms with Crippen LogP contribution in [0.3, 0.4) is 0 Å². The molecule has 2 aromatic rings. The van der Waals surface area contributed by atoms with E-state index < -0.39 is 11.6 Å². The van der Waals surface area contributed by atoms with Crippen molar-refractivity contribution in [3.63, 3.8) is 0 Å². The monoisotopic (exact) mass is 224 g/mol. The molecule has 3 heteroatoms. The lowest BCUT2D eigenvalue weighted by molar-refractivity contribution is 0.0815. The molecule has 0 spiro atoms. The van der Waals surface area contributed by atoms with Crippen LogP contribution >= 0.6 is 0 Å². The summed E-state index contributed by atoms with van der Waals surface area (Å²) in [6, 6.07) is 11.5. The van der Waals surface area contributed by atoms with Gasteiger partial charge in [-0.05, 0) is 29.3 Å². The first-order chi connectivity index (χ1) is 8.18. The highest BCUT2D eigenvalue weighted by molar-refractivity contribution is 6.53. The van der Waals surface area contributed by atoms with Gasteiger partial charge in [0.1, 0.15) is 5.75 Å². The second kappa shape index (κ2) is 3.28. The predicted molar refractivity (Wildman–Crippen MR) is 62.2 cm³/mol. The summed E-state index contributed by atoms with van der Waals surface area (Å²) >= 11 is 0. The van der Waals surface area contributed by atoms with Crippen LogP contribution in [0.25, 0.3) is 11.1 Å². The number of hydrogen-bond donors (Lipinski definition) is 1. The number of ketones is 2. The summed E-state index contributed by atoms with van der Waals surface area (Å²) < 4.78 is 0. The summed E-state index contributed by atoms with van der Waals surface area (Å²) in [5.41, 5.74) is 2.14. The molecule has 0 aliphatic heterocycles. The number of carbonyl (C=O) groups is 2. The molecular formula is C14H8O3. The third-order valence-electron chi connectivity index (χ3n) is 2.92. The molecule has 1 aliphatic carbocycles. The van der Waals surface area contributed by atoms with E-state index in [-0.39, 0.29) is 11.3 Å². The average molecular weight is 224 g/mol. The first-order valence-corrected chi connectivity index (χ1v) is 5.20. The molecule has 0 aromatic heterocycles. The second-order valence-electron chi connectivity index (χ2n) is 3.93. The Hall–Kier alpha value is -2.42. The van der Waals surface area contributed by atoms with E-state index in [1.807, 2.05) is 6.07 Å². The van der Waals surface area contributed by atoms with Crippen molar-refractivity contribution in [1.29, 1.82) is 0 Å². The van der Waals surface area contributed by atoms with Crippen molar-refractivity contribution in [3.8, 4) is 16.9 Å². The molecule has 3 nitrogen and oxygen atoms in total. The summed E-state index contributed by atoms with van der Waals surface area (Å²) in [6.45, 7) is 0.